The summed E-state index contributed by atoms with van der Waals surface area (Å²) in [5.74, 6) is -0.151. The summed E-state index contributed by atoms with van der Waals surface area (Å²) in [6, 6.07) is 7.23. The first kappa shape index (κ1) is 16.3. The number of carbonyl (C=O) groups excluding carboxylic acids is 1. The molecule has 1 rings (SSSR count). The van der Waals surface area contributed by atoms with Gasteiger partial charge in [0.25, 0.3) is 0 Å². The fourth-order valence-corrected chi connectivity index (χ4v) is 4.94. The summed E-state index contributed by atoms with van der Waals surface area (Å²) in [7, 11) is -1.76. The molecule has 0 spiro atoms. The van der Waals surface area contributed by atoms with E-state index in [0.717, 1.165) is 15.2 Å². The average molecular weight is 341 g/mol. The zero-order chi connectivity index (χ0) is 14.8. The number of allylic oxidation sites excluding steroid dienone is 1. The molecular formula is C15H21BrO2Si. The van der Waals surface area contributed by atoms with E-state index in [9.17, 15) is 9.90 Å². The van der Waals surface area contributed by atoms with E-state index >= 15 is 0 Å². The second-order valence-corrected chi connectivity index (χ2v) is 11.9. The lowest BCUT2D eigenvalue weighted by Gasteiger charge is -2.24. The third kappa shape index (κ3) is 4.13. The van der Waals surface area contributed by atoms with Crippen LogP contribution in [0, 0.1) is 0 Å². The number of halogens is 1. The summed E-state index contributed by atoms with van der Waals surface area (Å²) < 4.78 is 0.934. The quantitative estimate of drug-likeness (QED) is 0.656. The van der Waals surface area contributed by atoms with E-state index in [1.807, 2.05) is 26.0 Å². The van der Waals surface area contributed by atoms with Gasteiger partial charge in [0.1, 0.15) is 6.10 Å². The number of ketones is 1. The second kappa shape index (κ2) is 6.16. The molecule has 1 unspecified atom stereocenters. The molecule has 0 aliphatic rings. The molecule has 0 saturated heterocycles. The fourth-order valence-electron chi connectivity index (χ4n) is 2.30. The van der Waals surface area contributed by atoms with Gasteiger partial charge in [-0.3, -0.25) is 4.79 Å². The van der Waals surface area contributed by atoms with Crippen molar-refractivity contribution in [1.82, 2.24) is 0 Å². The summed E-state index contributed by atoms with van der Waals surface area (Å²) in [6.45, 7) is 10.3. The van der Waals surface area contributed by atoms with Crippen molar-refractivity contribution >= 4 is 29.8 Å². The van der Waals surface area contributed by atoms with Crippen LogP contribution in [0.15, 0.2) is 39.5 Å². The number of carbonyl (C=O) groups is 1. The first-order chi connectivity index (χ1) is 8.64. The van der Waals surface area contributed by atoms with Crippen LogP contribution in [0.2, 0.25) is 19.6 Å². The van der Waals surface area contributed by atoms with Crippen LogP contribution in [0.5, 0.6) is 0 Å². The van der Waals surface area contributed by atoms with Crippen molar-refractivity contribution in [3.05, 3.63) is 45.1 Å². The Morgan fingerprint density at radius 3 is 2.00 bits per heavy atom. The minimum absolute atomic E-state index is 0.151. The van der Waals surface area contributed by atoms with Gasteiger partial charge in [-0.25, -0.2) is 0 Å². The van der Waals surface area contributed by atoms with E-state index in [1.165, 1.54) is 0 Å². The van der Waals surface area contributed by atoms with Crippen molar-refractivity contribution in [3.63, 3.8) is 0 Å². The van der Waals surface area contributed by atoms with E-state index in [2.05, 4.69) is 35.6 Å². The minimum Gasteiger partial charge on any atom is -0.380 e. The summed E-state index contributed by atoms with van der Waals surface area (Å²) in [5, 5.41) is 11.1. The molecule has 2 nitrogen and oxygen atoms in total. The van der Waals surface area contributed by atoms with Crippen molar-refractivity contribution in [2.24, 2.45) is 0 Å². The molecule has 1 atom stereocenters. The Balaban J connectivity index is 3.12. The zero-order valence-electron chi connectivity index (χ0n) is 12.1. The van der Waals surface area contributed by atoms with Crippen LogP contribution < -0.4 is 0 Å². The molecule has 0 heterocycles. The highest BCUT2D eigenvalue weighted by molar-refractivity contribution is 9.10. The first-order valence-corrected chi connectivity index (χ1v) is 10.6. The van der Waals surface area contributed by atoms with Crippen LogP contribution in [-0.4, -0.2) is 19.0 Å². The molecule has 0 saturated carbocycles. The number of Topliss-reactive ketones (excluding diaryl/α,β-unsaturated/α-hetero) is 1. The highest BCUT2D eigenvalue weighted by Gasteiger charge is 2.31. The van der Waals surface area contributed by atoms with Crippen molar-refractivity contribution in [2.45, 2.75) is 39.6 Å². The number of hydrogen-bond donors (Lipinski definition) is 1. The molecule has 1 N–H and O–H groups in total. The van der Waals surface area contributed by atoms with Crippen LogP contribution >= 0.6 is 15.9 Å². The minimum atomic E-state index is -1.76. The molecule has 0 fully saturated rings. The monoisotopic (exact) mass is 340 g/mol. The van der Waals surface area contributed by atoms with Crippen LogP contribution in [0.3, 0.4) is 0 Å². The largest absolute Gasteiger partial charge is 0.380 e. The smallest absolute Gasteiger partial charge is 0.187 e. The van der Waals surface area contributed by atoms with E-state index in [0.29, 0.717) is 5.56 Å². The summed E-state index contributed by atoms with van der Waals surface area (Å²) in [5.41, 5.74) is 1.66. The van der Waals surface area contributed by atoms with Gasteiger partial charge < -0.3 is 5.11 Å². The third-order valence-corrected chi connectivity index (χ3v) is 5.71. The molecule has 0 aromatic heterocycles. The van der Waals surface area contributed by atoms with Crippen LogP contribution in [-0.2, 0) is 4.79 Å². The predicted octanol–water partition coefficient (Wildman–Crippen LogP) is 4.27. The lowest BCUT2D eigenvalue weighted by molar-refractivity contribution is -0.123. The number of aliphatic hydroxyl groups is 1. The van der Waals surface area contributed by atoms with Gasteiger partial charge in [-0.1, -0.05) is 53.3 Å². The van der Waals surface area contributed by atoms with Gasteiger partial charge in [0.2, 0.25) is 0 Å². The fraction of sp³-hybridized carbons (Fsp3) is 0.400. The molecule has 104 valence electrons. The summed E-state index contributed by atoms with van der Waals surface area (Å²) in [4.78, 5) is 12.5. The van der Waals surface area contributed by atoms with Crippen molar-refractivity contribution in [1.29, 1.82) is 0 Å². The van der Waals surface area contributed by atoms with Gasteiger partial charge in [0.05, 0.1) is 8.07 Å². The highest BCUT2D eigenvalue weighted by atomic mass is 79.9. The predicted molar refractivity (Wildman–Crippen MR) is 85.8 cm³/mol. The van der Waals surface area contributed by atoms with Crippen molar-refractivity contribution in [2.75, 3.05) is 0 Å². The lowest BCUT2D eigenvalue weighted by atomic mass is 10.0. The second-order valence-electron chi connectivity index (χ2n) is 5.94. The molecule has 4 heteroatoms. The molecule has 1 aromatic carbocycles. The number of hydrogen-bond acceptors (Lipinski definition) is 2. The molecule has 0 bridgehead atoms. The zero-order valence-corrected chi connectivity index (χ0v) is 14.7. The van der Waals surface area contributed by atoms with E-state index in [-0.39, 0.29) is 5.78 Å². The highest BCUT2D eigenvalue weighted by Crippen LogP contribution is 2.27. The number of aliphatic hydroxyl groups excluding tert-OH is 1. The molecular weight excluding hydrogens is 320 g/mol. The maximum absolute atomic E-state index is 12.5. The average Bonchev–Trinajstić information content (AvgIpc) is 2.26. The summed E-state index contributed by atoms with van der Waals surface area (Å²) >= 11 is 3.35. The maximum atomic E-state index is 12.5. The molecule has 1 aromatic rings. The van der Waals surface area contributed by atoms with Crippen molar-refractivity contribution in [3.8, 4) is 0 Å². The Morgan fingerprint density at radius 1 is 1.16 bits per heavy atom. The normalized spacial score (nSPS) is 13.0. The van der Waals surface area contributed by atoms with Gasteiger partial charge in [-0.05, 0) is 36.7 Å². The van der Waals surface area contributed by atoms with Gasteiger partial charge in [0.15, 0.2) is 5.78 Å². The van der Waals surface area contributed by atoms with Crippen LogP contribution in [0.4, 0.5) is 0 Å². The van der Waals surface area contributed by atoms with Gasteiger partial charge >= 0.3 is 0 Å². The van der Waals surface area contributed by atoms with Crippen LogP contribution in [0.25, 0.3) is 0 Å². The first-order valence-electron chi connectivity index (χ1n) is 6.30. The van der Waals surface area contributed by atoms with Gasteiger partial charge in [-0.15, -0.1) is 0 Å². The molecule has 0 aliphatic carbocycles. The number of rotatable bonds is 4. The molecule has 19 heavy (non-hydrogen) atoms. The summed E-state index contributed by atoms with van der Waals surface area (Å²) in [6.07, 6.45) is -1.07. The molecule has 0 aliphatic heterocycles. The lowest BCUT2D eigenvalue weighted by Crippen LogP contribution is -2.33. The Hall–Kier alpha value is -0.713. The Morgan fingerprint density at radius 2 is 1.63 bits per heavy atom. The van der Waals surface area contributed by atoms with Gasteiger partial charge in [0, 0.05) is 4.47 Å². The molecule has 0 radical (unpaired) electrons. The Kier molecular flexibility index (Phi) is 5.30. The Bertz CT molecular complexity index is 494. The van der Waals surface area contributed by atoms with Crippen LogP contribution in [0.1, 0.15) is 25.5 Å². The Labute approximate surface area is 124 Å². The molecule has 0 amide bonds. The number of benzene rings is 1. The van der Waals surface area contributed by atoms with E-state index < -0.39 is 14.2 Å². The third-order valence-electron chi connectivity index (χ3n) is 2.93. The van der Waals surface area contributed by atoms with Crippen molar-refractivity contribution < 1.29 is 9.90 Å². The topological polar surface area (TPSA) is 37.3 Å². The standard InChI is InChI=1S/C15H21BrO2Si/c1-10(2)15(19(3,4)5)14(18)13(17)11-6-8-12(16)9-7-11/h6-9,13,17H,1-5H3. The maximum Gasteiger partial charge on any atom is 0.187 e. The van der Waals surface area contributed by atoms with Gasteiger partial charge in [-0.2, -0.15) is 0 Å². The SMILES string of the molecule is CC(C)=C(C(=O)C(O)c1ccc(Br)cc1)[Si](C)(C)C. The van der Waals surface area contributed by atoms with E-state index in [4.69, 9.17) is 0 Å². The van der Waals surface area contributed by atoms with E-state index in [1.54, 1.807) is 12.1 Å².